The van der Waals surface area contributed by atoms with E-state index in [-0.39, 0.29) is 11.0 Å². The molecule has 0 aliphatic rings. The highest BCUT2D eigenvalue weighted by atomic mass is 32.1. The van der Waals surface area contributed by atoms with Crippen LogP contribution in [0.2, 0.25) is 0 Å². The van der Waals surface area contributed by atoms with Crippen LogP contribution in [0.3, 0.4) is 0 Å². The van der Waals surface area contributed by atoms with Crippen molar-refractivity contribution in [2.24, 2.45) is 5.41 Å². The van der Waals surface area contributed by atoms with Crippen molar-refractivity contribution in [3.63, 3.8) is 0 Å². The van der Waals surface area contributed by atoms with Gasteiger partial charge in [0.05, 0.1) is 6.61 Å². The van der Waals surface area contributed by atoms with Crippen molar-refractivity contribution in [1.29, 1.82) is 0 Å². The summed E-state index contributed by atoms with van der Waals surface area (Å²) in [5, 5.41) is 6.12. The van der Waals surface area contributed by atoms with Crippen molar-refractivity contribution in [2.45, 2.75) is 40.5 Å². The fourth-order valence-corrected chi connectivity index (χ4v) is 3.82. The second-order valence-electron chi connectivity index (χ2n) is 9.55. The molecule has 0 aliphatic heterocycles. The third kappa shape index (κ3) is 9.42. The molecule has 7 heteroatoms. The van der Waals surface area contributed by atoms with E-state index in [4.69, 9.17) is 26.4 Å². The number of hydrogen-bond acceptors (Lipinski definition) is 5. The van der Waals surface area contributed by atoms with Crippen LogP contribution in [0.5, 0.6) is 17.2 Å². The number of benzene rings is 3. The van der Waals surface area contributed by atoms with E-state index < -0.39 is 5.41 Å². The van der Waals surface area contributed by atoms with E-state index in [0.29, 0.717) is 32.0 Å². The first-order valence-electron chi connectivity index (χ1n) is 12.5. The van der Waals surface area contributed by atoms with Gasteiger partial charge in [-0.2, -0.15) is 0 Å². The van der Waals surface area contributed by atoms with E-state index in [1.54, 1.807) is 0 Å². The van der Waals surface area contributed by atoms with Gasteiger partial charge in [-0.05, 0) is 80.4 Å². The molecule has 0 saturated carbocycles. The Bertz CT molecular complexity index is 1180. The van der Waals surface area contributed by atoms with Crippen molar-refractivity contribution in [1.82, 2.24) is 5.32 Å². The standard InChI is InChI=1S/C30H36N2O4S/c1-22-14-15-23(2)27(20-22)36-17-9-16-30(3,4)28(33)32-29(37)31-24-10-8-13-26(21-24)35-19-18-34-25-11-6-5-7-12-25/h5-8,10-15,20-21H,9,16-19H2,1-4H3,(H2,31,32,33,37). The summed E-state index contributed by atoms with van der Waals surface area (Å²) in [5.41, 5.74) is 2.40. The molecule has 6 nitrogen and oxygen atoms in total. The minimum Gasteiger partial charge on any atom is -0.493 e. The zero-order chi connectivity index (χ0) is 26.7. The quantitative estimate of drug-likeness (QED) is 0.211. The molecule has 0 spiro atoms. The predicted octanol–water partition coefficient (Wildman–Crippen LogP) is 6.46. The van der Waals surface area contributed by atoms with Crippen molar-refractivity contribution < 1.29 is 19.0 Å². The second kappa shape index (κ2) is 13.7. The van der Waals surface area contributed by atoms with Gasteiger partial charge < -0.3 is 24.8 Å². The van der Waals surface area contributed by atoms with Gasteiger partial charge in [0.1, 0.15) is 30.5 Å². The smallest absolute Gasteiger partial charge is 0.231 e. The van der Waals surface area contributed by atoms with Crippen LogP contribution in [0.1, 0.15) is 37.8 Å². The maximum atomic E-state index is 12.9. The lowest BCUT2D eigenvalue weighted by molar-refractivity contribution is -0.128. The fourth-order valence-electron chi connectivity index (χ4n) is 3.61. The van der Waals surface area contributed by atoms with Crippen LogP contribution in [0.15, 0.2) is 72.8 Å². The molecule has 0 saturated heterocycles. The molecule has 2 N–H and O–H groups in total. The summed E-state index contributed by atoms with van der Waals surface area (Å²) < 4.78 is 17.4. The van der Waals surface area contributed by atoms with Gasteiger partial charge in [-0.25, -0.2) is 0 Å². The summed E-state index contributed by atoms with van der Waals surface area (Å²) >= 11 is 5.38. The summed E-state index contributed by atoms with van der Waals surface area (Å²) in [6.07, 6.45) is 1.42. The zero-order valence-electron chi connectivity index (χ0n) is 22.0. The van der Waals surface area contributed by atoms with Gasteiger partial charge >= 0.3 is 0 Å². The fraction of sp³-hybridized carbons (Fsp3) is 0.333. The number of anilines is 1. The highest BCUT2D eigenvalue weighted by Crippen LogP contribution is 2.24. The second-order valence-corrected chi connectivity index (χ2v) is 9.96. The van der Waals surface area contributed by atoms with Crippen molar-refractivity contribution >= 4 is 28.9 Å². The Labute approximate surface area is 225 Å². The van der Waals surface area contributed by atoms with Crippen LogP contribution in [0.25, 0.3) is 0 Å². The first-order valence-corrected chi connectivity index (χ1v) is 12.9. The maximum absolute atomic E-state index is 12.9. The number of rotatable bonds is 12. The van der Waals surface area contributed by atoms with E-state index in [9.17, 15) is 4.79 Å². The molecule has 0 fully saturated rings. The van der Waals surface area contributed by atoms with Gasteiger partial charge in [0.25, 0.3) is 0 Å². The molecular formula is C30H36N2O4S. The lowest BCUT2D eigenvalue weighted by atomic mass is 9.87. The van der Waals surface area contributed by atoms with E-state index in [1.807, 2.05) is 88.4 Å². The monoisotopic (exact) mass is 520 g/mol. The van der Waals surface area contributed by atoms with Crippen LogP contribution >= 0.6 is 12.2 Å². The van der Waals surface area contributed by atoms with E-state index in [1.165, 1.54) is 0 Å². The maximum Gasteiger partial charge on any atom is 0.231 e. The summed E-state index contributed by atoms with van der Waals surface area (Å²) in [7, 11) is 0. The number of thiocarbonyl (C=S) groups is 1. The summed E-state index contributed by atoms with van der Waals surface area (Å²) in [5.74, 6) is 2.24. The third-order valence-electron chi connectivity index (χ3n) is 5.84. The van der Waals surface area contributed by atoms with Crippen LogP contribution in [-0.4, -0.2) is 30.8 Å². The number of amides is 1. The molecule has 0 atom stereocenters. The first kappa shape index (κ1) is 28.0. The third-order valence-corrected chi connectivity index (χ3v) is 6.05. The Morgan fingerprint density at radius 3 is 2.30 bits per heavy atom. The number of nitrogens with one attached hydrogen (secondary N) is 2. The van der Waals surface area contributed by atoms with Gasteiger partial charge in [0.15, 0.2) is 5.11 Å². The molecule has 3 aromatic carbocycles. The number of ether oxygens (including phenoxy) is 3. The van der Waals surface area contributed by atoms with Gasteiger partial charge in [0.2, 0.25) is 5.91 Å². The number of para-hydroxylation sites is 1. The molecule has 1 amide bonds. The Morgan fingerprint density at radius 1 is 0.838 bits per heavy atom. The van der Waals surface area contributed by atoms with E-state index in [2.05, 4.69) is 22.8 Å². The Kier molecular flexibility index (Phi) is 10.3. The van der Waals surface area contributed by atoms with E-state index in [0.717, 1.165) is 34.7 Å². The number of hydrogen-bond donors (Lipinski definition) is 2. The van der Waals surface area contributed by atoms with Crippen molar-refractivity contribution in [3.8, 4) is 17.2 Å². The summed E-state index contributed by atoms with van der Waals surface area (Å²) in [6, 6.07) is 23.2. The highest BCUT2D eigenvalue weighted by molar-refractivity contribution is 7.80. The van der Waals surface area contributed by atoms with Crippen molar-refractivity contribution in [2.75, 3.05) is 25.1 Å². The van der Waals surface area contributed by atoms with Gasteiger partial charge in [-0.3, -0.25) is 4.79 Å². The van der Waals surface area contributed by atoms with Crippen molar-refractivity contribution in [3.05, 3.63) is 83.9 Å². The number of carbonyl (C=O) groups is 1. The molecule has 0 aromatic heterocycles. The molecule has 37 heavy (non-hydrogen) atoms. The topological polar surface area (TPSA) is 68.8 Å². The van der Waals surface area contributed by atoms with Crippen LogP contribution in [-0.2, 0) is 4.79 Å². The molecule has 3 aromatic rings. The van der Waals surface area contributed by atoms with Crippen LogP contribution in [0.4, 0.5) is 5.69 Å². The lowest BCUT2D eigenvalue weighted by Gasteiger charge is -2.24. The Hall–Kier alpha value is -3.58. The molecule has 0 heterocycles. The molecule has 0 aliphatic carbocycles. The molecule has 0 unspecified atom stereocenters. The largest absolute Gasteiger partial charge is 0.493 e. The molecule has 3 rings (SSSR count). The van der Waals surface area contributed by atoms with Gasteiger partial charge in [0, 0.05) is 17.2 Å². The van der Waals surface area contributed by atoms with Gasteiger partial charge in [-0.15, -0.1) is 0 Å². The minimum absolute atomic E-state index is 0.137. The number of carbonyl (C=O) groups excluding carboxylic acids is 1. The SMILES string of the molecule is Cc1ccc(C)c(OCCCC(C)(C)C(=O)NC(=S)Nc2cccc(OCCOc3ccccc3)c2)c1. The average molecular weight is 521 g/mol. The Balaban J connectivity index is 1.40. The molecular weight excluding hydrogens is 484 g/mol. The predicted molar refractivity (Wildman–Crippen MR) is 153 cm³/mol. The Morgan fingerprint density at radius 2 is 1.54 bits per heavy atom. The number of aryl methyl sites for hydroxylation is 2. The molecule has 0 radical (unpaired) electrons. The van der Waals surface area contributed by atoms with Gasteiger partial charge in [-0.1, -0.05) is 50.2 Å². The highest BCUT2D eigenvalue weighted by Gasteiger charge is 2.28. The lowest BCUT2D eigenvalue weighted by Crippen LogP contribution is -2.42. The average Bonchev–Trinajstić information content (AvgIpc) is 2.87. The summed E-state index contributed by atoms with van der Waals surface area (Å²) in [4.78, 5) is 12.9. The minimum atomic E-state index is -0.597. The molecule has 0 bridgehead atoms. The van der Waals surface area contributed by atoms with Crippen LogP contribution in [0, 0.1) is 19.3 Å². The van der Waals surface area contributed by atoms with Crippen LogP contribution < -0.4 is 24.8 Å². The summed E-state index contributed by atoms with van der Waals surface area (Å²) in [6.45, 7) is 9.28. The first-order chi connectivity index (χ1) is 17.7. The van der Waals surface area contributed by atoms with E-state index >= 15 is 0 Å². The zero-order valence-corrected chi connectivity index (χ0v) is 22.8. The normalized spacial score (nSPS) is 10.9. The molecule has 196 valence electrons.